The van der Waals surface area contributed by atoms with E-state index >= 15 is 0 Å². The van der Waals surface area contributed by atoms with Crippen molar-refractivity contribution < 1.29 is 4.79 Å². The summed E-state index contributed by atoms with van der Waals surface area (Å²) in [4.78, 5) is 12.2. The molecule has 118 valence electrons. The molecule has 0 saturated heterocycles. The zero-order valence-electron chi connectivity index (χ0n) is 12.9. The molecule has 3 aromatic rings. The van der Waals surface area contributed by atoms with Gasteiger partial charge in [0.05, 0.1) is 11.9 Å². The highest BCUT2D eigenvalue weighted by molar-refractivity contribution is 7.15. The molecule has 1 aromatic carbocycles. The first kappa shape index (κ1) is 15.3. The standard InChI is InChI=1S/C15H16N6OS/c1-3-4-13-18-19-15(23-13)16-14(22)12-9-21(20-17-12)11-7-5-10(2)6-8-11/h5-9H,3-4H2,1-2H3,(H,16,19,22). The van der Waals surface area contributed by atoms with Crippen LogP contribution in [0.3, 0.4) is 0 Å². The number of nitrogens with one attached hydrogen (secondary N) is 1. The Bertz CT molecular complexity index is 807. The molecule has 0 bridgehead atoms. The largest absolute Gasteiger partial charge is 0.295 e. The third kappa shape index (κ3) is 3.59. The van der Waals surface area contributed by atoms with Gasteiger partial charge in [-0.2, -0.15) is 0 Å². The lowest BCUT2D eigenvalue weighted by atomic mass is 10.2. The number of aryl methyl sites for hydroxylation is 2. The smallest absolute Gasteiger partial charge is 0.279 e. The van der Waals surface area contributed by atoms with E-state index in [4.69, 9.17) is 0 Å². The molecule has 0 aliphatic heterocycles. The Hall–Kier alpha value is -2.61. The van der Waals surface area contributed by atoms with Crippen LogP contribution in [0.25, 0.3) is 5.69 Å². The summed E-state index contributed by atoms with van der Waals surface area (Å²) in [6.07, 6.45) is 3.44. The number of nitrogens with zero attached hydrogens (tertiary/aromatic N) is 5. The predicted octanol–water partition coefficient (Wildman–Crippen LogP) is 2.63. The van der Waals surface area contributed by atoms with E-state index in [1.165, 1.54) is 11.3 Å². The van der Waals surface area contributed by atoms with E-state index in [0.717, 1.165) is 29.1 Å². The highest BCUT2D eigenvalue weighted by atomic mass is 32.1. The van der Waals surface area contributed by atoms with Gasteiger partial charge in [0.1, 0.15) is 5.01 Å². The van der Waals surface area contributed by atoms with Gasteiger partial charge in [-0.3, -0.25) is 10.1 Å². The third-order valence-electron chi connectivity index (χ3n) is 3.18. The van der Waals surface area contributed by atoms with Gasteiger partial charge in [0, 0.05) is 6.42 Å². The molecular weight excluding hydrogens is 312 g/mol. The van der Waals surface area contributed by atoms with Gasteiger partial charge in [-0.05, 0) is 25.5 Å². The van der Waals surface area contributed by atoms with Gasteiger partial charge in [0.15, 0.2) is 5.69 Å². The minimum atomic E-state index is -0.345. The van der Waals surface area contributed by atoms with Gasteiger partial charge < -0.3 is 0 Å². The fraction of sp³-hybridized carbons (Fsp3) is 0.267. The van der Waals surface area contributed by atoms with Crippen LogP contribution in [0.15, 0.2) is 30.5 Å². The first-order valence-corrected chi connectivity index (χ1v) is 8.10. The number of carbonyl (C=O) groups is 1. The van der Waals surface area contributed by atoms with Gasteiger partial charge in [-0.25, -0.2) is 4.68 Å². The Morgan fingerprint density at radius 3 is 2.74 bits per heavy atom. The second-order valence-corrected chi connectivity index (χ2v) is 6.15. The minimum Gasteiger partial charge on any atom is -0.295 e. The van der Waals surface area contributed by atoms with Crippen molar-refractivity contribution in [1.82, 2.24) is 25.2 Å². The predicted molar refractivity (Wildman–Crippen MR) is 88.0 cm³/mol. The van der Waals surface area contributed by atoms with Crippen molar-refractivity contribution >= 4 is 22.4 Å². The van der Waals surface area contributed by atoms with Crippen LogP contribution in [0.5, 0.6) is 0 Å². The summed E-state index contributed by atoms with van der Waals surface area (Å²) in [6.45, 7) is 4.09. The molecule has 0 atom stereocenters. The molecule has 0 saturated carbocycles. The lowest BCUT2D eigenvalue weighted by molar-refractivity contribution is 0.102. The van der Waals surface area contributed by atoms with Crippen LogP contribution in [0.2, 0.25) is 0 Å². The summed E-state index contributed by atoms with van der Waals surface area (Å²) >= 11 is 1.38. The van der Waals surface area contributed by atoms with E-state index < -0.39 is 0 Å². The SMILES string of the molecule is CCCc1nnc(NC(=O)c2cn(-c3ccc(C)cc3)nn2)s1. The third-order valence-corrected chi connectivity index (χ3v) is 4.07. The number of benzene rings is 1. The number of aromatic nitrogens is 5. The Morgan fingerprint density at radius 2 is 2.00 bits per heavy atom. The summed E-state index contributed by atoms with van der Waals surface area (Å²) < 4.78 is 1.57. The van der Waals surface area contributed by atoms with Crippen molar-refractivity contribution in [1.29, 1.82) is 0 Å². The summed E-state index contributed by atoms with van der Waals surface area (Å²) in [5.74, 6) is -0.345. The van der Waals surface area contributed by atoms with Gasteiger partial charge >= 0.3 is 0 Å². The lowest BCUT2D eigenvalue weighted by Gasteiger charge is -1.99. The van der Waals surface area contributed by atoms with Crippen molar-refractivity contribution in [3.63, 3.8) is 0 Å². The molecular formula is C15H16N6OS. The molecule has 0 unspecified atom stereocenters. The molecule has 0 aliphatic rings. The van der Waals surface area contributed by atoms with Crippen LogP contribution >= 0.6 is 11.3 Å². The van der Waals surface area contributed by atoms with E-state index in [2.05, 4.69) is 32.7 Å². The molecule has 2 aromatic heterocycles. The Balaban J connectivity index is 1.71. The Morgan fingerprint density at radius 1 is 1.22 bits per heavy atom. The molecule has 0 spiro atoms. The van der Waals surface area contributed by atoms with E-state index in [9.17, 15) is 4.79 Å². The van der Waals surface area contributed by atoms with Gasteiger partial charge in [0.25, 0.3) is 5.91 Å². The van der Waals surface area contributed by atoms with Gasteiger partial charge in [0.2, 0.25) is 5.13 Å². The number of hydrogen-bond acceptors (Lipinski definition) is 6. The van der Waals surface area contributed by atoms with E-state index in [1.54, 1.807) is 10.9 Å². The highest BCUT2D eigenvalue weighted by Gasteiger charge is 2.14. The zero-order valence-corrected chi connectivity index (χ0v) is 13.7. The molecule has 0 fully saturated rings. The maximum absolute atomic E-state index is 12.2. The summed E-state index contributed by atoms with van der Waals surface area (Å²) in [5.41, 5.74) is 2.24. The molecule has 1 amide bonds. The fourth-order valence-electron chi connectivity index (χ4n) is 1.97. The number of amides is 1. The van der Waals surface area contributed by atoms with Gasteiger partial charge in [-0.1, -0.05) is 41.2 Å². The van der Waals surface area contributed by atoms with Crippen LogP contribution in [-0.4, -0.2) is 31.1 Å². The molecule has 23 heavy (non-hydrogen) atoms. The second-order valence-electron chi connectivity index (χ2n) is 5.09. The second kappa shape index (κ2) is 6.66. The number of carbonyl (C=O) groups excluding carboxylic acids is 1. The number of anilines is 1. The van der Waals surface area contributed by atoms with Gasteiger partial charge in [-0.15, -0.1) is 15.3 Å². The summed E-state index contributed by atoms with van der Waals surface area (Å²) in [5, 5.41) is 20.0. The van der Waals surface area contributed by atoms with Crippen molar-refractivity contribution in [2.75, 3.05) is 5.32 Å². The highest BCUT2D eigenvalue weighted by Crippen LogP contribution is 2.17. The molecule has 0 aliphatic carbocycles. The van der Waals surface area contributed by atoms with Crippen molar-refractivity contribution in [2.45, 2.75) is 26.7 Å². The minimum absolute atomic E-state index is 0.234. The quantitative estimate of drug-likeness (QED) is 0.778. The molecule has 1 N–H and O–H groups in total. The zero-order chi connectivity index (χ0) is 16.2. The molecule has 7 nitrogen and oxygen atoms in total. The topological polar surface area (TPSA) is 85.6 Å². The van der Waals surface area contributed by atoms with Crippen LogP contribution in [0.4, 0.5) is 5.13 Å². The average Bonchev–Trinajstić information content (AvgIpc) is 3.18. The number of hydrogen-bond donors (Lipinski definition) is 1. The van der Waals surface area contributed by atoms with E-state index in [1.807, 2.05) is 31.2 Å². The van der Waals surface area contributed by atoms with Crippen molar-refractivity contribution in [3.8, 4) is 5.69 Å². The molecule has 3 rings (SSSR count). The van der Waals surface area contributed by atoms with Crippen LogP contribution in [-0.2, 0) is 6.42 Å². The van der Waals surface area contributed by atoms with Crippen molar-refractivity contribution in [3.05, 3.63) is 46.7 Å². The fourth-order valence-corrected chi connectivity index (χ4v) is 2.81. The van der Waals surface area contributed by atoms with Crippen LogP contribution in [0.1, 0.15) is 34.4 Å². The summed E-state index contributed by atoms with van der Waals surface area (Å²) in [6, 6.07) is 7.81. The van der Waals surface area contributed by atoms with Crippen molar-refractivity contribution in [2.24, 2.45) is 0 Å². The summed E-state index contributed by atoms with van der Waals surface area (Å²) in [7, 11) is 0. The molecule has 8 heteroatoms. The Kier molecular flexibility index (Phi) is 4.42. The monoisotopic (exact) mass is 328 g/mol. The Labute approximate surface area is 137 Å². The van der Waals surface area contributed by atoms with E-state index in [0.29, 0.717) is 5.13 Å². The first-order valence-electron chi connectivity index (χ1n) is 7.29. The lowest BCUT2D eigenvalue weighted by Crippen LogP contribution is -2.12. The molecule has 0 radical (unpaired) electrons. The normalized spacial score (nSPS) is 10.7. The molecule has 2 heterocycles. The average molecular weight is 328 g/mol. The number of rotatable bonds is 5. The first-order chi connectivity index (χ1) is 11.2. The van der Waals surface area contributed by atoms with Crippen LogP contribution < -0.4 is 5.32 Å². The maximum atomic E-state index is 12.2. The maximum Gasteiger partial charge on any atom is 0.279 e. The van der Waals surface area contributed by atoms with Crippen LogP contribution in [0, 0.1) is 6.92 Å². The van der Waals surface area contributed by atoms with E-state index in [-0.39, 0.29) is 11.6 Å².